The first-order valence-electron chi connectivity index (χ1n) is 9.63. The zero-order valence-electron chi connectivity index (χ0n) is 14.7. The van der Waals surface area contributed by atoms with Crippen molar-refractivity contribution in [1.82, 2.24) is 10.2 Å². The number of nitrogens with zero attached hydrogens (tertiary/aromatic N) is 1. The Hall–Kier alpha value is -1.55. The van der Waals surface area contributed by atoms with E-state index in [1.807, 2.05) is 6.07 Å². The maximum atomic E-state index is 12.4. The number of benzene rings is 1. The molecule has 0 aromatic heterocycles. The van der Waals surface area contributed by atoms with Crippen LogP contribution in [-0.4, -0.2) is 42.5 Å². The summed E-state index contributed by atoms with van der Waals surface area (Å²) in [6.45, 7) is 2.50. The van der Waals surface area contributed by atoms with Crippen molar-refractivity contribution >= 4 is 11.6 Å². The number of anilines is 1. The largest absolute Gasteiger partial charge is 0.381 e. The normalized spacial score (nSPS) is 23.4. The first-order valence-corrected chi connectivity index (χ1v) is 9.63. The number of nitrogens with one attached hydrogen (secondary N) is 2. The van der Waals surface area contributed by atoms with Gasteiger partial charge in [0.2, 0.25) is 5.91 Å². The molecule has 1 atom stereocenters. The van der Waals surface area contributed by atoms with Gasteiger partial charge in [0.1, 0.15) is 0 Å². The predicted octanol–water partition coefficient (Wildman–Crippen LogP) is 3.40. The Labute approximate surface area is 146 Å². The summed E-state index contributed by atoms with van der Waals surface area (Å²) >= 11 is 0. The van der Waals surface area contributed by atoms with Crippen LogP contribution in [0.25, 0.3) is 0 Å². The highest BCUT2D eigenvalue weighted by molar-refractivity contribution is 5.78. The zero-order valence-corrected chi connectivity index (χ0v) is 14.7. The second-order valence-corrected chi connectivity index (χ2v) is 7.34. The Morgan fingerprint density at radius 2 is 1.67 bits per heavy atom. The molecule has 4 nitrogen and oxygen atoms in total. The lowest BCUT2D eigenvalue weighted by Crippen LogP contribution is -2.42. The molecule has 1 saturated heterocycles. The minimum atomic E-state index is 0.209. The van der Waals surface area contributed by atoms with Crippen LogP contribution in [-0.2, 0) is 4.79 Å². The molecule has 1 aliphatic carbocycles. The van der Waals surface area contributed by atoms with E-state index in [-0.39, 0.29) is 5.91 Å². The Kier molecular flexibility index (Phi) is 6.53. The van der Waals surface area contributed by atoms with Crippen molar-refractivity contribution in [2.24, 2.45) is 0 Å². The molecule has 1 saturated carbocycles. The molecule has 2 aliphatic rings. The monoisotopic (exact) mass is 329 g/mol. The van der Waals surface area contributed by atoms with Gasteiger partial charge in [0, 0.05) is 30.9 Å². The molecule has 2 N–H and O–H groups in total. The molecule has 1 amide bonds. The predicted molar refractivity (Wildman–Crippen MR) is 99.2 cm³/mol. The number of carbonyl (C=O) groups is 1. The van der Waals surface area contributed by atoms with Crippen molar-refractivity contribution in [2.75, 3.05) is 25.0 Å². The van der Waals surface area contributed by atoms with Crippen molar-refractivity contribution in [2.45, 2.75) is 63.5 Å². The van der Waals surface area contributed by atoms with Crippen LogP contribution >= 0.6 is 0 Å². The van der Waals surface area contributed by atoms with Gasteiger partial charge in [-0.05, 0) is 31.4 Å². The van der Waals surface area contributed by atoms with Crippen molar-refractivity contribution in [1.29, 1.82) is 0 Å². The Morgan fingerprint density at radius 1 is 0.958 bits per heavy atom. The zero-order chi connectivity index (χ0) is 16.6. The summed E-state index contributed by atoms with van der Waals surface area (Å²) in [5.74, 6) is 0.209. The smallest absolute Gasteiger partial charge is 0.234 e. The number of para-hydroxylation sites is 1. The molecule has 24 heavy (non-hydrogen) atoms. The fourth-order valence-corrected chi connectivity index (χ4v) is 3.94. The van der Waals surface area contributed by atoms with Crippen molar-refractivity contribution in [3.8, 4) is 0 Å². The van der Waals surface area contributed by atoms with Crippen LogP contribution in [0.5, 0.6) is 0 Å². The lowest BCUT2D eigenvalue weighted by molar-refractivity contribution is -0.122. The summed E-state index contributed by atoms with van der Waals surface area (Å²) in [4.78, 5) is 14.6. The summed E-state index contributed by atoms with van der Waals surface area (Å²) in [5.41, 5.74) is 1.17. The van der Waals surface area contributed by atoms with Crippen LogP contribution in [0.2, 0.25) is 0 Å². The van der Waals surface area contributed by atoms with E-state index in [1.165, 1.54) is 37.8 Å². The summed E-state index contributed by atoms with van der Waals surface area (Å²) in [7, 11) is 0. The summed E-state index contributed by atoms with van der Waals surface area (Å²) < 4.78 is 0. The molecule has 3 rings (SSSR count). The molecule has 0 unspecified atom stereocenters. The summed E-state index contributed by atoms with van der Waals surface area (Å²) in [5, 5.41) is 6.84. The first kappa shape index (κ1) is 17.3. The van der Waals surface area contributed by atoms with Gasteiger partial charge in [-0.1, -0.05) is 50.3 Å². The highest BCUT2D eigenvalue weighted by atomic mass is 16.2. The van der Waals surface area contributed by atoms with Crippen molar-refractivity contribution in [3.63, 3.8) is 0 Å². The van der Waals surface area contributed by atoms with Crippen LogP contribution < -0.4 is 10.6 Å². The number of rotatable bonds is 5. The number of hydrogen-bond acceptors (Lipinski definition) is 3. The average Bonchev–Trinajstić information content (AvgIpc) is 2.98. The second-order valence-electron chi connectivity index (χ2n) is 7.34. The van der Waals surface area contributed by atoms with E-state index >= 15 is 0 Å². The van der Waals surface area contributed by atoms with Crippen LogP contribution in [0, 0.1) is 0 Å². The third-order valence-electron chi connectivity index (χ3n) is 5.25. The maximum absolute atomic E-state index is 12.4. The molecule has 1 aromatic carbocycles. The summed E-state index contributed by atoms with van der Waals surface area (Å²) in [6, 6.07) is 11.2. The van der Waals surface area contributed by atoms with Gasteiger partial charge in [0.15, 0.2) is 0 Å². The average molecular weight is 329 g/mol. The minimum Gasteiger partial charge on any atom is -0.381 e. The molecular weight excluding hydrogens is 298 g/mol. The molecule has 1 heterocycles. The molecular formula is C20H31N3O. The number of carbonyl (C=O) groups excluding carboxylic acids is 1. The van der Waals surface area contributed by atoms with Gasteiger partial charge in [-0.25, -0.2) is 0 Å². The third kappa shape index (κ3) is 5.52. The Bertz CT molecular complexity index is 497. The van der Waals surface area contributed by atoms with E-state index in [0.29, 0.717) is 18.6 Å². The van der Waals surface area contributed by atoms with Gasteiger partial charge in [-0.2, -0.15) is 0 Å². The number of hydrogen-bond donors (Lipinski definition) is 2. The Balaban J connectivity index is 1.39. The minimum absolute atomic E-state index is 0.209. The molecule has 0 spiro atoms. The SMILES string of the molecule is O=C(CN1CC[C@@H](Nc2ccccc2)C1)NC1CCCCCCC1. The van der Waals surface area contributed by atoms with Gasteiger partial charge < -0.3 is 10.6 Å². The maximum Gasteiger partial charge on any atom is 0.234 e. The molecule has 2 fully saturated rings. The van der Waals surface area contributed by atoms with Gasteiger partial charge >= 0.3 is 0 Å². The topological polar surface area (TPSA) is 44.4 Å². The number of likely N-dealkylation sites (tertiary alicyclic amines) is 1. The molecule has 0 bridgehead atoms. The first-order chi connectivity index (χ1) is 11.8. The lowest BCUT2D eigenvalue weighted by atomic mass is 9.97. The summed E-state index contributed by atoms with van der Waals surface area (Å²) in [6.07, 6.45) is 9.95. The van der Waals surface area contributed by atoms with E-state index in [1.54, 1.807) is 0 Å². The second kappa shape index (κ2) is 9.07. The van der Waals surface area contributed by atoms with Crippen LogP contribution in [0.4, 0.5) is 5.69 Å². The Morgan fingerprint density at radius 3 is 2.42 bits per heavy atom. The highest BCUT2D eigenvalue weighted by Crippen LogP contribution is 2.18. The van der Waals surface area contributed by atoms with E-state index < -0.39 is 0 Å². The number of amides is 1. The molecule has 1 aromatic rings. The molecule has 4 heteroatoms. The van der Waals surface area contributed by atoms with E-state index in [2.05, 4.69) is 39.8 Å². The highest BCUT2D eigenvalue weighted by Gasteiger charge is 2.24. The van der Waals surface area contributed by atoms with Gasteiger partial charge in [-0.15, -0.1) is 0 Å². The third-order valence-corrected chi connectivity index (χ3v) is 5.25. The van der Waals surface area contributed by atoms with E-state index in [4.69, 9.17) is 0 Å². The fourth-order valence-electron chi connectivity index (χ4n) is 3.94. The van der Waals surface area contributed by atoms with Gasteiger partial charge in [0.05, 0.1) is 6.54 Å². The lowest BCUT2D eigenvalue weighted by Gasteiger charge is -2.23. The van der Waals surface area contributed by atoms with E-state index in [0.717, 1.165) is 32.4 Å². The van der Waals surface area contributed by atoms with Crippen LogP contribution in [0.15, 0.2) is 30.3 Å². The fraction of sp³-hybridized carbons (Fsp3) is 0.650. The van der Waals surface area contributed by atoms with Crippen molar-refractivity contribution < 1.29 is 4.79 Å². The van der Waals surface area contributed by atoms with Crippen LogP contribution in [0.3, 0.4) is 0 Å². The van der Waals surface area contributed by atoms with Crippen molar-refractivity contribution in [3.05, 3.63) is 30.3 Å². The van der Waals surface area contributed by atoms with Crippen LogP contribution in [0.1, 0.15) is 51.4 Å². The van der Waals surface area contributed by atoms with E-state index in [9.17, 15) is 4.79 Å². The van der Waals surface area contributed by atoms with Gasteiger partial charge in [-0.3, -0.25) is 9.69 Å². The standard InChI is InChI=1S/C20H31N3O/c24-20(22-18-11-5-2-1-3-6-12-18)16-23-14-13-19(15-23)21-17-9-7-4-8-10-17/h4,7-10,18-19,21H,1-3,5-6,11-16H2,(H,22,24)/t19-/m1/s1. The molecule has 132 valence electrons. The molecule has 1 aliphatic heterocycles. The van der Waals surface area contributed by atoms with Gasteiger partial charge in [0.25, 0.3) is 0 Å². The quantitative estimate of drug-likeness (QED) is 0.870. The molecule has 0 radical (unpaired) electrons.